The molecule has 0 aliphatic carbocycles. The highest BCUT2D eigenvalue weighted by Gasteiger charge is 2.31. The van der Waals surface area contributed by atoms with Gasteiger partial charge in [-0.05, 0) is 55.8 Å². The number of halogens is 4. The molecule has 186 valence electrons. The molecule has 1 aromatic heterocycles. The third-order valence-corrected chi connectivity index (χ3v) is 7.10. The summed E-state index contributed by atoms with van der Waals surface area (Å²) in [5.41, 5.74) is 0.676. The van der Waals surface area contributed by atoms with Gasteiger partial charge in [-0.2, -0.15) is 17.5 Å². The summed E-state index contributed by atoms with van der Waals surface area (Å²) in [5.74, 6) is -1.28. The Balaban J connectivity index is 1.69. The first-order chi connectivity index (χ1) is 16.4. The van der Waals surface area contributed by atoms with Crippen LogP contribution in [0, 0.1) is 5.82 Å². The quantitative estimate of drug-likeness (QED) is 0.450. The van der Waals surface area contributed by atoms with Crippen LogP contribution in [0.2, 0.25) is 0 Å². The molecular formula is C24H23F4N3O3S. The van der Waals surface area contributed by atoms with Crippen molar-refractivity contribution in [2.45, 2.75) is 37.5 Å². The molecule has 0 radical (unpaired) electrons. The maximum Gasteiger partial charge on any atom is 0.417 e. The first kappa shape index (κ1) is 26.3. The Labute approximate surface area is 200 Å². The minimum absolute atomic E-state index is 0.0548. The van der Waals surface area contributed by atoms with Crippen LogP contribution in [0.3, 0.4) is 0 Å². The number of carbonyl (C=O) groups is 1. The Hall–Kier alpha value is -3.31. The minimum Gasteiger partial charge on any atom is -0.351 e. The molecule has 0 bridgehead atoms. The average molecular weight is 510 g/mol. The van der Waals surface area contributed by atoms with Crippen LogP contribution in [0.25, 0.3) is 11.3 Å². The van der Waals surface area contributed by atoms with Gasteiger partial charge in [0.05, 0.1) is 22.7 Å². The summed E-state index contributed by atoms with van der Waals surface area (Å²) in [4.78, 5) is 16.2. The highest BCUT2D eigenvalue weighted by Crippen LogP contribution is 2.30. The average Bonchev–Trinajstić information content (AvgIpc) is 2.80. The van der Waals surface area contributed by atoms with Gasteiger partial charge in [-0.25, -0.2) is 12.8 Å². The van der Waals surface area contributed by atoms with E-state index in [0.717, 1.165) is 28.7 Å². The molecule has 0 saturated carbocycles. The lowest BCUT2D eigenvalue weighted by molar-refractivity contribution is -0.137. The molecule has 1 N–H and O–H groups in total. The molecule has 0 fully saturated rings. The van der Waals surface area contributed by atoms with Gasteiger partial charge in [-0.3, -0.25) is 9.78 Å². The van der Waals surface area contributed by atoms with Gasteiger partial charge in [0.25, 0.3) is 0 Å². The Kier molecular flexibility index (Phi) is 7.91. The van der Waals surface area contributed by atoms with Crippen LogP contribution in [-0.4, -0.2) is 36.2 Å². The molecule has 11 heteroatoms. The first-order valence-electron chi connectivity index (χ1n) is 10.5. The fourth-order valence-corrected chi connectivity index (χ4v) is 4.90. The lowest BCUT2D eigenvalue weighted by atomic mass is 10.1. The summed E-state index contributed by atoms with van der Waals surface area (Å²) in [5, 5.41) is 2.64. The van der Waals surface area contributed by atoms with Gasteiger partial charge in [0.1, 0.15) is 5.82 Å². The first-order valence-corrected chi connectivity index (χ1v) is 12.0. The molecule has 3 aromatic rings. The van der Waals surface area contributed by atoms with Crippen LogP contribution in [-0.2, 0) is 27.5 Å². The van der Waals surface area contributed by atoms with Crippen molar-refractivity contribution in [1.29, 1.82) is 0 Å². The molecule has 35 heavy (non-hydrogen) atoms. The third-order valence-electron chi connectivity index (χ3n) is 5.08. The largest absolute Gasteiger partial charge is 0.417 e. The van der Waals surface area contributed by atoms with Crippen molar-refractivity contribution in [2.24, 2.45) is 0 Å². The monoisotopic (exact) mass is 509 g/mol. The maximum absolute atomic E-state index is 13.5. The Morgan fingerprint density at radius 2 is 1.77 bits per heavy atom. The number of nitrogens with zero attached hydrogens (tertiary/aromatic N) is 2. The van der Waals surface area contributed by atoms with Crippen molar-refractivity contribution in [2.75, 3.05) is 6.54 Å². The fraction of sp³-hybridized carbons (Fsp3) is 0.250. The maximum atomic E-state index is 13.5. The molecule has 2 aromatic carbocycles. The molecule has 6 nitrogen and oxygen atoms in total. The second kappa shape index (κ2) is 10.5. The van der Waals surface area contributed by atoms with E-state index in [1.54, 1.807) is 38.1 Å². The summed E-state index contributed by atoms with van der Waals surface area (Å²) in [7, 11) is -4.11. The predicted molar refractivity (Wildman–Crippen MR) is 122 cm³/mol. The van der Waals surface area contributed by atoms with E-state index in [1.165, 1.54) is 18.2 Å². The van der Waals surface area contributed by atoms with Crippen LogP contribution in [0.15, 0.2) is 71.8 Å². The number of benzene rings is 2. The smallest absolute Gasteiger partial charge is 0.351 e. The highest BCUT2D eigenvalue weighted by atomic mass is 32.2. The van der Waals surface area contributed by atoms with E-state index in [9.17, 15) is 30.8 Å². The SMILES string of the molecule is CC(C)N(CC(=O)NCc1cccc(-c2ccc(C(F)(F)F)cn2)c1)S(=O)(=O)c1cccc(F)c1. The third kappa shape index (κ3) is 6.64. The van der Waals surface area contributed by atoms with Crippen molar-refractivity contribution in [3.8, 4) is 11.3 Å². The molecule has 0 atom stereocenters. The second-order valence-electron chi connectivity index (χ2n) is 8.01. The molecule has 0 saturated heterocycles. The van der Waals surface area contributed by atoms with E-state index in [0.29, 0.717) is 16.8 Å². The van der Waals surface area contributed by atoms with Gasteiger partial charge in [-0.15, -0.1) is 0 Å². The topological polar surface area (TPSA) is 79.4 Å². The van der Waals surface area contributed by atoms with Crippen molar-refractivity contribution in [1.82, 2.24) is 14.6 Å². The van der Waals surface area contributed by atoms with Crippen LogP contribution < -0.4 is 5.32 Å². The molecule has 1 heterocycles. The zero-order valence-electron chi connectivity index (χ0n) is 18.9. The molecular weight excluding hydrogens is 486 g/mol. The van der Waals surface area contributed by atoms with Gasteiger partial charge in [0.15, 0.2) is 0 Å². The van der Waals surface area contributed by atoms with Gasteiger partial charge < -0.3 is 5.32 Å². The van der Waals surface area contributed by atoms with E-state index in [4.69, 9.17) is 0 Å². The summed E-state index contributed by atoms with van der Waals surface area (Å²) < 4.78 is 78.6. The van der Waals surface area contributed by atoms with Crippen LogP contribution in [0.5, 0.6) is 0 Å². The summed E-state index contributed by atoms with van der Waals surface area (Å²) in [6.07, 6.45) is -3.73. The Morgan fingerprint density at radius 3 is 2.37 bits per heavy atom. The van der Waals surface area contributed by atoms with E-state index in [2.05, 4.69) is 10.3 Å². The van der Waals surface area contributed by atoms with Crippen molar-refractivity contribution in [3.63, 3.8) is 0 Å². The lowest BCUT2D eigenvalue weighted by Gasteiger charge is -2.25. The summed E-state index contributed by atoms with van der Waals surface area (Å²) in [6, 6.07) is 12.9. The number of hydrogen-bond donors (Lipinski definition) is 1. The fourth-order valence-electron chi connectivity index (χ4n) is 3.28. The zero-order valence-corrected chi connectivity index (χ0v) is 19.7. The zero-order chi connectivity index (χ0) is 25.8. The highest BCUT2D eigenvalue weighted by molar-refractivity contribution is 7.89. The number of hydrogen-bond acceptors (Lipinski definition) is 4. The van der Waals surface area contributed by atoms with Crippen molar-refractivity contribution < 1.29 is 30.8 Å². The molecule has 0 aliphatic heterocycles. The summed E-state index contributed by atoms with van der Waals surface area (Å²) >= 11 is 0. The van der Waals surface area contributed by atoms with E-state index >= 15 is 0 Å². The predicted octanol–water partition coefficient (Wildman–Crippen LogP) is 4.62. The van der Waals surface area contributed by atoms with Gasteiger partial charge >= 0.3 is 6.18 Å². The molecule has 0 aliphatic rings. The number of amides is 1. The summed E-state index contributed by atoms with van der Waals surface area (Å²) in [6.45, 7) is 2.78. The second-order valence-corrected chi connectivity index (χ2v) is 9.90. The lowest BCUT2D eigenvalue weighted by Crippen LogP contribution is -2.44. The van der Waals surface area contributed by atoms with Crippen LogP contribution in [0.1, 0.15) is 25.0 Å². The number of sulfonamides is 1. The van der Waals surface area contributed by atoms with E-state index in [-0.39, 0.29) is 11.4 Å². The van der Waals surface area contributed by atoms with Crippen molar-refractivity contribution >= 4 is 15.9 Å². The molecule has 0 unspecified atom stereocenters. The van der Waals surface area contributed by atoms with Crippen LogP contribution in [0.4, 0.5) is 17.6 Å². The number of pyridine rings is 1. The van der Waals surface area contributed by atoms with Gasteiger partial charge in [0.2, 0.25) is 15.9 Å². The number of carbonyl (C=O) groups excluding carboxylic acids is 1. The number of nitrogens with one attached hydrogen (secondary N) is 1. The van der Waals surface area contributed by atoms with Crippen molar-refractivity contribution in [3.05, 3.63) is 83.8 Å². The molecule has 1 amide bonds. The standard InChI is InChI=1S/C24H23F4N3O3S/c1-16(2)31(35(33,34)21-8-4-7-20(25)12-21)15-23(32)30-13-17-5-3-6-18(11-17)22-10-9-19(14-29-22)24(26,27)28/h3-12,14,16H,13,15H2,1-2H3,(H,30,32). The van der Waals surface area contributed by atoms with E-state index in [1.807, 2.05) is 0 Å². The Bertz CT molecular complexity index is 1290. The number of rotatable bonds is 8. The van der Waals surface area contributed by atoms with E-state index < -0.39 is 46.1 Å². The number of aromatic nitrogens is 1. The molecule has 0 spiro atoms. The van der Waals surface area contributed by atoms with Gasteiger partial charge in [0, 0.05) is 24.3 Å². The Morgan fingerprint density at radius 1 is 1.06 bits per heavy atom. The molecule has 3 rings (SSSR count). The normalized spacial score (nSPS) is 12.2. The van der Waals surface area contributed by atoms with Gasteiger partial charge in [-0.1, -0.05) is 24.3 Å². The van der Waals surface area contributed by atoms with Crippen LogP contribution >= 0.6 is 0 Å². The number of alkyl halides is 3. The minimum atomic E-state index is -4.48.